The molecule has 0 aliphatic rings. The Labute approximate surface area is 121 Å². The molecule has 1 atom stereocenters. The molecule has 2 N–H and O–H groups in total. The maximum Gasteiger partial charge on any atom is 0.408 e. The van der Waals surface area contributed by atoms with Crippen LogP contribution in [0.4, 0.5) is 4.79 Å². The van der Waals surface area contributed by atoms with E-state index in [4.69, 9.17) is 4.74 Å². The molecule has 0 aromatic heterocycles. The lowest BCUT2D eigenvalue weighted by Crippen LogP contribution is -2.46. The summed E-state index contributed by atoms with van der Waals surface area (Å²) in [6.45, 7) is 11.1. The third-order valence-corrected chi connectivity index (χ3v) is 2.74. The second-order valence-electron chi connectivity index (χ2n) is 5.15. The van der Waals surface area contributed by atoms with Gasteiger partial charge in [0.15, 0.2) is 0 Å². The van der Waals surface area contributed by atoms with E-state index in [2.05, 4.69) is 10.6 Å². The van der Waals surface area contributed by atoms with Crippen molar-refractivity contribution in [3.05, 3.63) is 23.8 Å². The van der Waals surface area contributed by atoms with Gasteiger partial charge in [0.2, 0.25) is 5.91 Å². The van der Waals surface area contributed by atoms with Crippen LogP contribution in [0, 0.1) is 0 Å². The monoisotopic (exact) mass is 282 g/mol. The molecule has 0 aromatic rings. The van der Waals surface area contributed by atoms with Crippen LogP contribution < -0.4 is 10.6 Å². The number of rotatable bonds is 6. The molecule has 20 heavy (non-hydrogen) atoms. The average Bonchev–Trinajstić information content (AvgIpc) is 2.32. The fourth-order valence-corrected chi connectivity index (χ4v) is 1.71. The van der Waals surface area contributed by atoms with Crippen LogP contribution in [0.5, 0.6) is 0 Å². The van der Waals surface area contributed by atoms with Gasteiger partial charge in [0.25, 0.3) is 0 Å². The number of hydrogen-bond acceptors (Lipinski definition) is 3. The van der Waals surface area contributed by atoms with Gasteiger partial charge in [-0.25, -0.2) is 4.79 Å². The minimum Gasteiger partial charge on any atom is -0.445 e. The molecular formula is C15H26N2O3. The van der Waals surface area contributed by atoms with Gasteiger partial charge in [-0.15, -0.1) is 0 Å². The molecule has 0 aromatic carbocycles. The van der Waals surface area contributed by atoms with Crippen LogP contribution in [0.3, 0.4) is 0 Å². The summed E-state index contributed by atoms with van der Waals surface area (Å²) in [7, 11) is 0. The van der Waals surface area contributed by atoms with Crippen molar-refractivity contribution < 1.29 is 14.3 Å². The van der Waals surface area contributed by atoms with Crippen LogP contribution in [0.15, 0.2) is 23.8 Å². The molecule has 0 bridgehead atoms. The molecule has 0 saturated carbocycles. The number of carbonyl (C=O) groups is 2. The Bertz CT molecular complexity index is 398. The molecule has 2 amide bonds. The van der Waals surface area contributed by atoms with Crippen LogP contribution in [0.2, 0.25) is 0 Å². The van der Waals surface area contributed by atoms with Gasteiger partial charge < -0.3 is 15.4 Å². The van der Waals surface area contributed by atoms with Crippen molar-refractivity contribution in [3.8, 4) is 0 Å². The largest absolute Gasteiger partial charge is 0.445 e. The molecule has 0 heterocycles. The predicted octanol–water partition coefficient (Wildman–Crippen LogP) is 2.54. The van der Waals surface area contributed by atoms with Crippen LogP contribution in [-0.2, 0) is 9.53 Å². The van der Waals surface area contributed by atoms with Crippen LogP contribution in [0.1, 0.15) is 41.5 Å². The van der Waals surface area contributed by atoms with E-state index in [0.29, 0.717) is 6.54 Å². The standard InChI is InChI=1S/C15H26N2O3/c1-7-9-13(8-2)15(5,6)17-14(19)20-11(3)10-16-12(4)18/h7-9,11H,10H2,1-6H3,(H,16,18)(H,17,19)/b9-7-,13-8+. The van der Waals surface area contributed by atoms with Crippen molar-refractivity contribution in [3.63, 3.8) is 0 Å². The minimum absolute atomic E-state index is 0.148. The zero-order valence-electron chi connectivity index (χ0n) is 13.2. The molecule has 0 spiro atoms. The zero-order chi connectivity index (χ0) is 15.8. The SMILES string of the molecule is C/C=C\C(=C/C)C(C)(C)NC(=O)OC(C)CNC(C)=O. The highest BCUT2D eigenvalue weighted by Gasteiger charge is 2.24. The highest BCUT2D eigenvalue weighted by Crippen LogP contribution is 2.17. The summed E-state index contributed by atoms with van der Waals surface area (Å²) in [6.07, 6.45) is 4.92. The van der Waals surface area contributed by atoms with Crippen molar-refractivity contribution >= 4 is 12.0 Å². The average molecular weight is 282 g/mol. The van der Waals surface area contributed by atoms with E-state index >= 15 is 0 Å². The summed E-state index contributed by atoms with van der Waals surface area (Å²) in [5.74, 6) is -0.148. The highest BCUT2D eigenvalue weighted by molar-refractivity contribution is 5.73. The lowest BCUT2D eigenvalue weighted by molar-refractivity contribution is -0.119. The first kappa shape index (κ1) is 18.2. The summed E-state index contributed by atoms with van der Waals surface area (Å²) < 4.78 is 5.19. The number of alkyl carbamates (subject to hydrolysis) is 1. The summed E-state index contributed by atoms with van der Waals surface area (Å²) >= 11 is 0. The van der Waals surface area contributed by atoms with Crippen molar-refractivity contribution in [2.75, 3.05) is 6.54 Å². The van der Waals surface area contributed by atoms with Gasteiger partial charge in [-0.3, -0.25) is 4.79 Å². The van der Waals surface area contributed by atoms with Gasteiger partial charge in [-0.05, 0) is 40.2 Å². The summed E-state index contributed by atoms with van der Waals surface area (Å²) in [5.41, 5.74) is 0.470. The fraction of sp³-hybridized carbons (Fsp3) is 0.600. The minimum atomic E-state index is -0.522. The van der Waals surface area contributed by atoms with Crippen molar-refractivity contribution in [1.82, 2.24) is 10.6 Å². The highest BCUT2D eigenvalue weighted by atomic mass is 16.6. The number of amides is 2. The van der Waals surface area contributed by atoms with Crippen LogP contribution in [0.25, 0.3) is 0 Å². The molecule has 1 unspecified atom stereocenters. The number of ether oxygens (including phenoxy) is 1. The van der Waals surface area contributed by atoms with E-state index in [-0.39, 0.29) is 12.0 Å². The van der Waals surface area contributed by atoms with Crippen molar-refractivity contribution in [2.45, 2.75) is 53.2 Å². The summed E-state index contributed by atoms with van der Waals surface area (Å²) in [4.78, 5) is 22.6. The van der Waals surface area contributed by atoms with Gasteiger partial charge in [0.05, 0.1) is 12.1 Å². The Hall–Kier alpha value is -1.78. The van der Waals surface area contributed by atoms with E-state index < -0.39 is 11.6 Å². The number of allylic oxidation sites excluding steroid dienone is 2. The van der Waals surface area contributed by atoms with E-state index in [1.807, 2.05) is 45.9 Å². The molecule has 0 aliphatic heterocycles. The lowest BCUT2D eigenvalue weighted by atomic mass is 9.93. The molecule has 0 rings (SSSR count). The Morgan fingerprint density at radius 2 is 1.90 bits per heavy atom. The predicted molar refractivity (Wildman–Crippen MR) is 80.4 cm³/mol. The zero-order valence-corrected chi connectivity index (χ0v) is 13.2. The fourth-order valence-electron chi connectivity index (χ4n) is 1.71. The van der Waals surface area contributed by atoms with Gasteiger partial charge in [0, 0.05) is 6.92 Å². The number of hydrogen-bond donors (Lipinski definition) is 2. The van der Waals surface area contributed by atoms with E-state index in [9.17, 15) is 9.59 Å². The lowest BCUT2D eigenvalue weighted by Gasteiger charge is -2.28. The van der Waals surface area contributed by atoms with Gasteiger partial charge in [0.1, 0.15) is 6.10 Å². The van der Waals surface area contributed by atoms with Crippen molar-refractivity contribution in [1.29, 1.82) is 0 Å². The molecule has 5 heteroatoms. The van der Waals surface area contributed by atoms with E-state index in [1.165, 1.54) is 6.92 Å². The first-order valence-electron chi connectivity index (χ1n) is 6.75. The van der Waals surface area contributed by atoms with Crippen LogP contribution >= 0.6 is 0 Å². The van der Waals surface area contributed by atoms with Crippen molar-refractivity contribution in [2.24, 2.45) is 0 Å². The third-order valence-electron chi connectivity index (χ3n) is 2.74. The first-order valence-corrected chi connectivity index (χ1v) is 6.75. The topological polar surface area (TPSA) is 67.4 Å². The Kier molecular flexibility index (Phi) is 7.65. The first-order chi connectivity index (χ1) is 9.22. The Morgan fingerprint density at radius 3 is 2.35 bits per heavy atom. The Balaban J connectivity index is 4.48. The second kappa shape index (κ2) is 8.40. The summed E-state index contributed by atoms with van der Waals surface area (Å²) in [5, 5.41) is 5.42. The Morgan fingerprint density at radius 1 is 1.30 bits per heavy atom. The summed E-state index contributed by atoms with van der Waals surface area (Å²) in [6, 6.07) is 0. The molecule has 0 saturated heterocycles. The molecule has 0 fully saturated rings. The smallest absolute Gasteiger partial charge is 0.408 e. The van der Waals surface area contributed by atoms with Gasteiger partial charge in [-0.1, -0.05) is 18.2 Å². The quantitative estimate of drug-likeness (QED) is 0.736. The van der Waals surface area contributed by atoms with Gasteiger partial charge >= 0.3 is 6.09 Å². The number of nitrogens with one attached hydrogen (secondary N) is 2. The maximum atomic E-state index is 11.8. The second-order valence-corrected chi connectivity index (χ2v) is 5.15. The maximum absolute atomic E-state index is 11.8. The number of carbonyl (C=O) groups excluding carboxylic acids is 2. The molecule has 114 valence electrons. The molecule has 0 radical (unpaired) electrons. The third kappa shape index (κ3) is 6.97. The normalized spacial score (nSPS) is 14.0. The van der Waals surface area contributed by atoms with E-state index in [1.54, 1.807) is 6.92 Å². The van der Waals surface area contributed by atoms with Crippen LogP contribution in [-0.4, -0.2) is 30.2 Å². The molecule has 0 aliphatic carbocycles. The van der Waals surface area contributed by atoms with Gasteiger partial charge in [-0.2, -0.15) is 0 Å². The van der Waals surface area contributed by atoms with E-state index in [0.717, 1.165) is 5.57 Å². The molecule has 5 nitrogen and oxygen atoms in total. The molecular weight excluding hydrogens is 256 g/mol.